The van der Waals surface area contributed by atoms with Crippen molar-refractivity contribution < 1.29 is 0 Å². The fourth-order valence-corrected chi connectivity index (χ4v) is 1.18. The van der Waals surface area contributed by atoms with Gasteiger partial charge in [0.25, 0.3) is 0 Å². The monoisotopic (exact) mass is 116 g/mol. The summed E-state index contributed by atoms with van der Waals surface area (Å²) in [4.78, 5) is 4.08. The van der Waals surface area contributed by atoms with Crippen LogP contribution in [-0.2, 0) is 0 Å². The van der Waals surface area contributed by atoms with Crippen LogP contribution in [0.1, 0.15) is 6.92 Å². The second kappa shape index (κ2) is 1.74. The Morgan fingerprint density at radius 1 is 1.86 bits per heavy atom. The lowest BCUT2D eigenvalue weighted by atomic mass is 10.8. The maximum Gasteiger partial charge on any atom is 0.114 e. The summed E-state index contributed by atoms with van der Waals surface area (Å²) in [5, 5.41) is 0.435. The Hall–Kier alpha value is -0.180. The van der Waals surface area contributed by atoms with Gasteiger partial charge in [0.05, 0.1) is 6.34 Å². The Morgan fingerprint density at radius 3 is 2.71 bits per heavy atom. The predicted molar refractivity (Wildman–Crippen MR) is 33.3 cm³/mol. The zero-order valence-electron chi connectivity index (χ0n) is 4.46. The molecule has 0 spiro atoms. The average Bonchev–Trinajstić information content (AvgIpc) is 1.87. The van der Waals surface area contributed by atoms with Crippen LogP contribution in [0.5, 0.6) is 0 Å². The molecule has 0 radical (unpaired) electrons. The molecule has 40 valence electrons. The van der Waals surface area contributed by atoms with Crippen molar-refractivity contribution in [1.82, 2.24) is 4.31 Å². The van der Waals surface area contributed by atoms with Gasteiger partial charge in [-0.25, -0.2) is 0 Å². The van der Waals surface area contributed by atoms with Gasteiger partial charge < -0.3 is 4.31 Å². The number of hydrogen-bond donors (Lipinski definition) is 0. The summed E-state index contributed by atoms with van der Waals surface area (Å²) in [6, 6.07) is 0. The molecule has 0 aromatic rings. The summed E-state index contributed by atoms with van der Waals surface area (Å²) in [5.74, 6) is 0. The van der Waals surface area contributed by atoms with Crippen LogP contribution < -0.4 is 0 Å². The first-order valence-corrected chi connectivity index (χ1v) is 3.05. The van der Waals surface area contributed by atoms with Crippen LogP contribution in [0.2, 0.25) is 0 Å². The minimum atomic E-state index is 0.435. The van der Waals surface area contributed by atoms with Crippen LogP contribution in [-0.4, -0.2) is 23.1 Å². The fourth-order valence-electron chi connectivity index (χ4n) is 0.483. The minimum Gasteiger partial charge on any atom is -0.308 e. The summed E-state index contributed by atoms with van der Waals surface area (Å²) in [7, 11) is 2.00. The Morgan fingerprint density at radius 2 is 2.57 bits per heavy atom. The first-order chi connectivity index (χ1) is 3.29. The molecule has 0 aromatic heterocycles. The predicted octanol–water partition coefficient (Wildman–Crippen LogP) is 0.954. The van der Waals surface area contributed by atoms with Gasteiger partial charge in [0.15, 0.2) is 0 Å². The van der Waals surface area contributed by atoms with Gasteiger partial charge in [-0.1, -0.05) is 0 Å². The standard InChI is InChI=1S/C4H8N2S/c1-4-5-3-6(2)7-4/h3-4H,1-2H3. The average molecular weight is 116 g/mol. The molecule has 1 atom stereocenters. The Kier molecular flexibility index (Phi) is 1.23. The molecule has 1 heterocycles. The van der Waals surface area contributed by atoms with E-state index >= 15 is 0 Å². The maximum atomic E-state index is 4.08. The van der Waals surface area contributed by atoms with Crippen molar-refractivity contribution in [2.24, 2.45) is 4.99 Å². The van der Waals surface area contributed by atoms with E-state index in [4.69, 9.17) is 0 Å². The lowest BCUT2D eigenvalue weighted by molar-refractivity contribution is 0.888. The molecule has 1 aliphatic heterocycles. The van der Waals surface area contributed by atoms with Crippen LogP contribution in [0.25, 0.3) is 0 Å². The number of rotatable bonds is 0. The van der Waals surface area contributed by atoms with E-state index in [2.05, 4.69) is 11.9 Å². The highest BCUT2D eigenvalue weighted by Crippen LogP contribution is 2.18. The summed E-state index contributed by atoms with van der Waals surface area (Å²) < 4.78 is 2.00. The van der Waals surface area contributed by atoms with Crippen LogP contribution in [0.15, 0.2) is 4.99 Å². The largest absolute Gasteiger partial charge is 0.308 e. The van der Waals surface area contributed by atoms with Crippen molar-refractivity contribution >= 4 is 18.3 Å². The van der Waals surface area contributed by atoms with Crippen molar-refractivity contribution in [3.05, 3.63) is 0 Å². The van der Waals surface area contributed by atoms with Crippen molar-refractivity contribution in [1.29, 1.82) is 0 Å². The van der Waals surface area contributed by atoms with Crippen LogP contribution in [0.4, 0.5) is 0 Å². The molecule has 0 fully saturated rings. The third kappa shape index (κ3) is 1.09. The van der Waals surface area contributed by atoms with Gasteiger partial charge in [-0.05, 0) is 18.9 Å². The fraction of sp³-hybridized carbons (Fsp3) is 0.750. The maximum absolute atomic E-state index is 4.08. The lowest BCUT2D eigenvalue weighted by Crippen LogP contribution is -1.99. The SMILES string of the molecule is CC1N=CN(C)S1. The summed E-state index contributed by atoms with van der Waals surface area (Å²) in [5.41, 5.74) is 0. The number of aliphatic imine (C=N–C) groups is 1. The van der Waals surface area contributed by atoms with Crippen LogP contribution in [0.3, 0.4) is 0 Å². The molecule has 0 N–H and O–H groups in total. The van der Waals surface area contributed by atoms with E-state index in [9.17, 15) is 0 Å². The van der Waals surface area contributed by atoms with Crippen molar-refractivity contribution in [3.63, 3.8) is 0 Å². The third-order valence-corrected chi connectivity index (χ3v) is 1.61. The Balaban J connectivity index is 2.42. The van der Waals surface area contributed by atoms with E-state index in [0.29, 0.717) is 5.37 Å². The quantitative estimate of drug-likeness (QED) is 0.438. The van der Waals surface area contributed by atoms with Gasteiger partial charge in [-0.15, -0.1) is 0 Å². The van der Waals surface area contributed by atoms with Gasteiger partial charge in [-0.2, -0.15) is 0 Å². The topological polar surface area (TPSA) is 15.6 Å². The summed E-state index contributed by atoms with van der Waals surface area (Å²) >= 11 is 1.73. The molecular weight excluding hydrogens is 108 g/mol. The molecule has 0 saturated carbocycles. The molecule has 2 nitrogen and oxygen atoms in total. The first kappa shape index (κ1) is 4.97. The molecule has 1 aliphatic rings. The summed E-state index contributed by atoms with van der Waals surface area (Å²) in [6.45, 7) is 2.07. The van der Waals surface area contributed by atoms with Gasteiger partial charge in [0, 0.05) is 7.05 Å². The van der Waals surface area contributed by atoms with E-state index in [-0.39, 0.29) is 0 Å². The van der Waals surface area contributed by atoms with Gasteiger partial charge in [0.1, 0.15) is 5.37 Å². The van der Waals surface area contributed by atoms with E-state index < -0.39 is 0 Å². The zero-order chi connectivity index (χ0) is 5.28. The van der Waals surface area contributed by atoms with Gasteiger partial charge >= 0.3 is 0 Å². The molecule has 0 amide bonds. The van der Waals surface area contributed by atoms with E-state index in [0.717, 1.165) is 0 Å². The van der Waals surface area contributed by atoms with Crippen molar-refractivity contribution in [3.8, 4) is 0 Å². The second-order valence-electron chi connectivity index (χ2n) is 1.52. The molecule has 7 heavy (non-hydrogen) atoms. The normalized spacial score (nSPS) is 29.4. The molecular formula is C4H8N2S. The minimum absolute atomic E-state index is 0.435. The van der Waals surface area contributed by atoms with Crippen LogP contribution >= 0.6 is 11.9 Å². The zero-order valence-corrected chi connectivity index (χ0v) is 5.27. The van der Waals surface area contributed by atoms with Crippen LogP contribution in [0, 0.1) is 0 Å². The number of hydrogen-bond acceptors (Lipinski definition) is 3. The Bertz CT molecular complexity index is 81.7. The molecule has 0 aromatic carbocycles. The van der Waals surface area contributed by atoms with E-state index in [1.165, 1.54) is 0 Å². The molecule has 3 heteroatoms. The first-order valence-electron chi connectivity index (χ1n) is 2.22. The molecule has 1 unspecified atom stereocenters. The second-order valence-corrected chi connectivity index (χ2v) is 2.98. The highest BCUT2D eigenvalue weighted by Gasteiger charge is 2.07. The highest BCUT2D eigenvalue weighted by atomic mass is 32.2. The van der Waals surface area contributed by atoms with Gasteiger partial charge in [-0.3, -0.25) is 4.99 Å². The lowest BCUT2D eigenvalue weighted by Gasteiger charge is -2.02. The summed E-state index contributed by atoms with van der Waals surface area (Å²) in [6.07, 6.45) is 1.84. The van der Waals surface area contributed by atoms with E-state index in [1.807, 2.05) is 17.7 Å². The molecule has 1 rings (SSSR count). The highest BCUT2D eigenvalue weighted by molar-refractivity contribution is 7.98. The molecule has 0 aliphatic carbocycles. The molecule has 0 saturated heterocycles. The van der Waals surface area contributed by atoms with Gasteiger partial charge in [0.2, 0.25) is 0 Å². The van der Waals surface area contributed by atoms with Crippen molar-refractivity contribution in [2.75, 3.05) is 7.05 Å². The van der Waals surface area contributed by atoms with Crippen molar-refractivity contribution in [2.45, 2.75) is 12.3 Å². The molecule has 0 bridgehead atoms. The third-order valence-electron chi connectivity index (χ3n) is 0.758. The smallest absolute Gasteiger partial charge is 0.114 e. The Labute approximate surface area is 47.7 Å². The number of nitrogens with zero attached hydrogens (tertiary/aromatic N) is 2. The van der Waals surface area contributed by atoms with E-state index in [1.54, 1.807) is 11.9 Å².